The molecule has 0 radical (unpaired) electrons. The molecule has 3 unspecified atom stereocenters. The summed E-state index contributed by atoms with van der Waals surface area (Å²) in [6.07, 6.45) is 13.9. The van der Waals surface area contributed by atoms with Gasteiger partial charge < -0.3 is 9.04 Å². The fourth-order valence-corrected chi connectivity index (χ4v) is 6.01. The zero-order valence-electron chi connectivity index (χ0n) is 19.6. The second kappa shape index (κ2) is 14.5. The Morgan fingerprint density at radius 3 is 1.65 bits per heavy atom. The van der Waals surface area contributed by atoms with Gasteiger partial charge in [-0.15, -0.1) is 0 Å². The van der Waals surface area contributed by atoms with Crippen molar-refractivity contribution in [1.29, 1.82) is 0 Å². The first-order chi connectivity index (χ1) is 14.3. The second-order valence-corrected chi connectivity index (χ2v) is 11.7. The molecule has 0 aromatic rings. The van der Waals surface area contributed by atoms with Crippen molar-refractivity contribution in [2.45, 2.75) is 101 Å². The standard InChI is InChI=1S/C21H42N2O6S2/c1-5-6-7-8-9-10-11-12-13-14-15-16-17-21(22,23(2,3)4)20(30(25)26)19(18-24)31(27,28)29/h20H,5-17,22H2,1-4H3,(H-,25,26,27,28,29)/p+1. The van der Waals surface area contributed by atoms with Crippen LogP contribution in [0.4, 0.5) is 0 Å². The van der Waals surface area contributed by atoms with Crippen molar-refractivity contribution >= 4 is 27.1 Å². The van der Waals surface area contributed by atoms with Gasteiger partial charge in [0.15, 0.2) is 26.9 Å². The first-order valence-electron chi connectivity index (χ1n) is 11.3. The van der Waals surface area contributed by atoms with Gasteiger partial charge in [0, 0.05) is 6.42 Å². The van der Waals surface area contributed by atoms with Crippen LogP contribution in [0.3, 0.4) is 0 Å². The molecule has 3 atom stereocenters. The van der Waals surface area contributed by atoms with E-state index in [9.17, 15) is 26.5 Å². The van der Waals surface area contributed by atoms with E-state index in [1.807, 2.05) is 0 Å². The normalized spacial score (nSPS) is 16.4. The lowest BCUT2D eigenvalue weighted by Gasteiger charge is -2.46. The molecule has 0 aliphatic carbocycles. The summed E-state index contributed by atoms with van der Waals surface area (Å²) >= 11 is -2.79. The molecule has 0 bridgehead atoms. The van der Waals surface area contributed by atoms with E-state index < -0.39 is 37.0 Å². The molecule has 0 aliphatic heterocycles. The highest BCUT2D eigenvalue weighted by Gasteiger charge is 2.54. The Kier molecular flexibility index (Phi) is 14.2. The molecule has 31 heavy (non-hydrogen) atoms. The minimum atomic E-state index is -5.01. The van der Waals surface area contributed by atoms with Crippen molar-refractivity contribution in [3.05, 3.63) is 4.91 Å². The van der Waals surface area contributed by atoms with E-state index in [4.69, 9.17) is 5.73 Å². The molecule has 0 saturated heterocycles. The predicted octanol–water partition coefficient (Wildman–Crippen LogP) is 3.63. The Bertz CT molecular complexity index is 699. The Morgan fingerprint density at radius 1 is 0.968 bits per heavy atom. The third-order valence-corrected chi connectivity index (χ3v) is 8.02. The van der Waals surface area contributed by atoms with Crippen LogP contribution in [-0.4, -0.2) is 64.2 Å². The number of hydrogen-bond donors (Lipinski definition) is 3. The topological polar surface area (TPSA) is 135 Å². The lowest BCUT2D eigenvalue weighted by Crippen LogP contribution is -2.71. The van der Waals surface area contributed by atoms with Crippen molar-refractivity contribution < 1.29 is 31.0 Å². The maximum absolute atomic E-state index is 12.0. The van der Waals surface area contributed by atoms with Gasteiger partial charge in [0.2, 0.25) is 0 Å². The molecule has 0 rings (SSSR count). The number of rotatable bonds is 18. The second-order valence-electron chi connectivity index (χ2n) is 9.24. The summed E-state index contributed by atoms with van der Waals surface area (Å²) in [4.78, 5) is 10.1. The van der Waals surface area contributed by atoms with Crippen LogP contribution in [0.5, 0.6) is 0 Å². The van der Waals surface area contributed by atoms with Crippen molar-refractivity contribution in [1.82, 2.24) is 0 Å². The Morgan fingerprint density at radius 2 is 1.35 bits per heavy atom. The van der Waals surface area contributed by atoms with Crippen molar-refractivity contribution in [3.8, 4) is 0 Å². The summed E-state index contributed by atoms with van der Waals surface area (Å²) < 4.78 is 54.3. The molecule has 8 nitrogen and oxygen atoms in total. The van der Waals surface area contributed by atoms with Crippen LogP contribution in [0.1, 0.15) is 90.4 Å². The van der Waals surface area contributed by atoms with Crippen LogP contribution >= 0.6 is 0 Å². The SMILES string of the molecule is CCCCCCCCCCCCCCC(N)(C(C(=C=O)S(=O)(=O)O)S(=O)O)[N+](C)(C)C. The van der Waals surface area contributed by atoms with Gasteiger partial charge in [0.25, 0.3) is 0 Å². The average molecular weight is 484 g/mol. The van der Waals surface area contributed by atoms with Crippen LogP contribution < -0.4 is 5.73 Å². The summed E-state index contributed by atoms with van der Waals surface area (Å²) in [7, 11) is -0.0299. The zero-order chi connectivity index (χ0) is 24.1. The van der Waals surface area contributed by atoms with E-state index >= 15 is 0 Å². The maximum Gasteiger partial charge on any atom is 0.302 e. The van der Waals surface area contributed by atoms with Gasteiger partial charge in [-0.3, -0.25) is 10.3 Å². The Labute approximate surface area is 191 Å². The quantitative estimate of drug-likeness (QED) is 0.0676. The molecule has 10 heteroatoms. The van der Waals surface area contributed by atoms with Crippen molar-refractivity contribution in [2.24, 2.45) is 5.73 Å². The van der Waals surface area contributed by atoms with Gasteiger partial charge in [0.05, 0.1) is 21.1 Å². The fourth-order valence-electron chi connectivity index (χ4n) is 3.80. The van der Waals surface area contributed by atoms with Crippen LogP contribution in [0.25, 0.3) is 0 Å². The summed E-state index contributed by atoms with van der Waals surface area (Å²) in [5, 5.41) is -1.78. The van der Waals surface area contributed by atoms with Crippen molar-refractivity contribution in [2.75, 3.05) is 21.1 Å². The molecule has 0 spiro atoms. The van der Waals surface area contributed by atoms with Gasteiger partial charge in [-0.1, -0.05) is 77.6 Å². The predicted molar refractivity (Wildman–Crippen MR) is 126 cm³/mol. The molecule has 0 aromatic heterocycles. The van der Waals surface area contributed by atoms with E-state index in [2.05, 4.69) is 6.92 Å². The Balaban J connectivity index is 4.77. The molecule has 0 aromatic carbocycles. The first kappa shape index (κ1) is 30.4. The van der Waals surface area contributed by atoms with E-state index in [0.29, 0.717) is 6.42 Å². The molecule has 0 fully saturated rings. The summed E-state index contributed by atoms with van der Waals surface area (Å²) in [6, 6.07) is 0. The number of quaternary nitrogens is 1. The summed E-state index contributed by atoms with van der Waals surface area (Å²) in [6.45, 7) is 2.21. The average Bonchev–Trinajstić information content (AvgIpc) is 2.64. The highest BCUT2D eigenvalue weighted by atomic mass is 32.2. The third-order valence-electron chi connectivity index (χ3n) is 5.95. The lowest BCUT2D eigenvalue weighted by molar-refractivity contribution is -0.923. The zero-order valence-corrected chi connectivity index (χ0v) is 21.3. The van der Waals surface area contributed by atoms with Gasteiger partial charge in [-0.25, -0.2) is 9.00 Å². The molecular weight excluding hydrogens is 440 g/mol. The molecule has 0 amide bonds. The lowest BCUT2D eigenvalue weighted by atomic mass is 9.94. The molecular formula is C21H43N2O6S2+. The van der Waals surface area contributed by atoms with Crippen LogP contribution in [0.2, 0.25) is 0 Å². The van der Waals surface area contributed by atoms with E-state index in [1.165, 1.54) is 51.4 Å². The molecule has 0 aliphatic rings. The van der Waals surface area contributed by atoms with Crippen LogP contribution in [0, 0.1) is 0 Å². The van der Waals surface area contributed by atoms with Gasteiger partial charge >= 0.3 is 10.1 Å². The van der Waals surface area contributed by atoms with E-state index in [-0.39, 0.29) is 10.9 Å². The van der Waals surface area contributed by atoms with Crippen molar-refractivity contribution in [3.63, 3.8) is 0 Å². The maximum atomic E-state index is 12.0. The highest BCUT2D eigenvalue weighted by Crippen LogP contribution is 2.32. The van der Waals surface area contributed by atoms with E-state index in [1.54, 1.807) is 21.1 Å². The third kappa shape index (κ3) is 10.7. The van der Waals surface area contributed by atoms with Crippen LogP contribution in [0.15, 0.2) is 4.91 Å². The highest BCUT2D eigenvalue weighted by molar-refractivity contribution is 7.92. The molecule has 184 valence electrons. The van der Waals surface area contributed by atoms with Crippen LogP contribution in [-0.2, 0) is 26.0 Å². The number of hydrogen-bond acceptors (Lipinski definition) is 5. The summed E-state index contributed by atoms with van der Waals surface area (Å²) in [5.74, 6) is 1.13. The van der Waals surface area contributed by atoms with Gasteiger partial charge in [-0.05, 0) is 6.42 Å². The fraction of sp³-hybridized carbons (Fsp3) is 0.905. The van der Waals surface area contributed by atoms with Gasteiger partial charge in [0.1, 0.15) is 5.94 Å². The minimum absolute atomic E-state index is 0.0668. The van der Waals surface area contributed by atoms with Gasteiger partial charge in [-0.2, -0.15) is 8.42 Å². The Hall–Kier alpha value is -0.610. The summed E-state index contributed by atoms with van der Waals surface area (Å²) in [5.41, 5.74) is 4.91. The minimum Gasteiger partial charge on any atom is -0.312 e. The smallest absolute Gasteiger partial charge is 0.302 e. The number of nitrogens with two attached hydrogens (primary N) is 1. The number of nitrogens with zero attached hydrogens (tertiary/aromatic N) is 1. The number of carbonyl (C=O) groups excluding carboxylic acids is 1. The molecule has 4 N–H and O–H groups in total. The first-order valence-corrected chi connectivity index (χ1v) is 13.9. The number of unbranched alkanes of at least 4 members (excludes halogenated alkanes) is 11. The molecule has 0 heterocycles. The molecule has 0 saturated carbocycles. The monoisotopic (exact) mass is 483 g/mol. The largest absolute Gasteiger partial charge is 0.312 e. The van der Waals surface area contributed by atoms with E-state index in [0.717, 1.165) is 25.2 Å².